The minimum atomic E-state index is -0.746. The second-order valence-electron chi connectivity index (χ2n) is 6.18. The highest BCUT2D eigenvalue weighted by Crippen LogP contribution is 2.45. The lowest BCUT2D eigenvalue weighted by Gasteiger charge is -2.19. The molecule has 0 radical (unpaired) electrons. The van der Waals surface area contributed by atoms with Gasteiger partial charge in [-0.1, -0.05) is 62.2 Å². The Labute approximate surface area is 153 Å². The summed E-state index contributed by atoms with van der Waals surface area (Å²) in [5, 5.41) is 3.63. The molecule has 4 nitrogen and oxygen atoms in total. The normalized spacial score (nSPS) is 16.4. The summed E-state index contributed by atoms with van der Waals surface area (Å²) in [5.41, 5.74) is 1.25. The molecule has 0 saturated heterocycles. The van der Waals surface area contributed by atoms with Crippen LogP contribution in [0.15, 0.2) is 12.1 Å². The highest BCUT2D eigenvalue weighted by molar-refractivity contribution is 6.38. The lowest BCUT2D eigenvalue weighted by atomic mass is 10.1. The van der Waals surface area contributed by atoms with Gasteiger partial charge in [0.2, 0.25) is 5.91 Å². The number of unbranched alkanes of at least 4 members (excludes halogenated alkanes) is 5. The van der Waals surface area contributed by atoms with Gasteiger partial charge in [-0.25, -0.2) is 0 Å². The number of hydrogen-bond acceptors (Lipinski definition) is 2. The van der Waals surface area contributed by atoms with Crippen LogP contribution < -0.4 is 10.2 Å². The molecule has 1 aliphatic rings. The standard InChI is InChI=1S/C18H24Cl2N2O2/c1-3-4-5-6-7-8-11-22-17-14(20)10-9-13(19)15(17)16(18(22)24)21-12(2)23/h9-10,16H,3-8,11H2,1-2H3,(H,21,23). The van der Waals surface area contributed by atoms with Crippen molar-refractivity contribution in [2.75, 3.05) is 11.4 Å². The Morgan fingerprint density at radius 3 is 2.42 bits per heavy atom. The molecular weight excluding hydrogens is 347 g/mol. The number of hydrogen-bond donors (Lipinski definition) is 1. The van der Waals surface area contributed by atoms with E-state index >= 15 is 0 Å². The first kappa shape index (κ1) is 19.1. The van der Waals surface area contributed by atoms with Gasteiger partial charge in [0, 0.05) is 24.1 Å². The van der Waals surface area contributed by atoms with E-state index in [1.165, 1.54) is 32.6 Å². The summed E-state index contributed by atoms with van der Waals surface area (Å²) in [4.78, 5) is 25.9. The zero-order valence-corrected chi connectivity index (χ0v) is 15.7. The van der Waals surface area contributed by atoms with Gasteiger partial charge in [-0.15, -0.1) is 0 Å². The van der Waals surface area contributed by atoms with Gasteiger partial charge in [0.25, 0.3) is 5.91 Å². The van der Waals surface area contributed by atoms with Crippen LogP contribution in [0, 0.1) is 0 Å². The van der Waals surface area contributed by atoms with Gasteiger partial charge < -0.3 is 10.2 Å². The molecule has 0 spiro atoms. The molecule has 1 heterocycles. The molecule has 1 aromatic rings. The van der Waals surface area contributed by atoms with E-state index < -0.39 is 6.04 Å². The molecule has 132 valence electrons. The fourth-order valence-corrected chi connectivity index (χ4v) is 3.63. The maximum Gasteiger partial charge on any atom is 0.254 e. The topological polar surface area (TPSA) is 49.4 Å². The summed E-state index contributed by atoms with van der Waals surface area (Å²) < 4.78 is 0. The largest absolute Gasteiger partial charge is 0.341 e. The Balaban J connectivity index is 2.14. The lowest BCUT2D eigenvalue weighted by molar-refractivity contribution is -0.126. The summed E-state index contributed by atoms with van der Waals surface area (Å²) in [6.45, 7) is 4.17. The SMILES string of the molecule is CCCCCCCCN1C(=O)C(NC(C)=O)c2c(Cl)ccc(Cl)c21. The Hall–Kier alpha value is -1.26. The number of nitrogens with zero attached hydrogens (tertiary/aromatic N) is 1. The Kier molecular flexibility index (Phi) is 6.93. The number of nitrogens with one attached hydrogen (secondary N) is 1. The lowest BCUT2D eigenvalue weighted by Crippen LogP contribution is -2.37. The average molecular weight is 371 g/mol. The van der Waals surface area contributed by atoms with Gasteiger partial charge in [-0.05, 0) is 18.6 Å². The molecule has 6 heteroatoms. The molecule has 1 atom stereocenters. The first-order chi connectivity index (χ1) is 11.5. The Bertz CT molecular complexity index is 619. The van der Waals surface area contributed by atoms with Crippen LogP contribution >= 0.6 is 23.2 Å². The van der Waals surface area contributed by atoms with Crippen LogP contribution in [0.5, 0.6) is 0 Å². The number of rotatable bonds is 8. The minimum Gasteiger partial charge on any atom is -0.341 e. The maximum atomic E-state index is 12.8. The van der Waals surface area contributed by atoms with Crippen molar-refractivity contribution in [3.05, 3.63) is 27.7 Å². The predicted octanol–water partition coefficient (Wildman–Crippen LogP) is 4.88. The van der Waals surface area contributed by atoms with E-state index in [0.29, 0.717) is 27.8 Å². The summed E-state index contributed by atoms with van der Waals surface area (Å²) in [6, 6.07) is 2.61. The van der Waals surface area contributed by atoms with Crippen molar-refractivity contribution in [2.24, 2.45) is 0 Å². The smallest absolute Gasteiger partial charge is 0.254 e. The Morgan fingerprint density at radius 1 is 1.12 bits per heavy atom. The third-order valence-electron chi connectivity index (χ3n) is 4.27. The van der Waals surface area contributed by atoms with Crippen LogP contribution in [-0.2, 0) is 9.59 Å². The molecule has 0 saturated carbocycles. The summed E-state index contributed by atoms with van der Waals surface area (Å²) in [6.07, 6.45) is 6.83. The van der Waals surface area contributed by atoms with Crippen molar-refractivity contribution in [2.45, 2.75) is 58.4 Å². The molecule has 24 heavy (non-hydrogen) atoms. The van der Waals surface area contributed by atoms with Crippen molar-refractivity contribution >= 4 is 40.7 Å². The van der Waals surface area contributed by atoms with E-state index in [1.54, 1.807) is 17.0 Å². The molecule has 1 aliphatic heterocycles. The zero-order chi connectivity index (χ0) is 17.7. The Morgan fingerprint density at radius 2 is 1.75 bits per heavy atom. The van der Waals surface area contributed by atoms with Gasteiger partial charge >= 0.3 is 0 Å². The number of carbonyl (C=O) groups excluding carboxylic acids is 2. The molecule has 0 bridgehead atoms. The third-order valence-corrected chi connectivity index (χ3v) is 4.90. The molecule has 0 aliphatic carbocycles. The van der Waals surface area contributed by atoms with E-state index in [9.17, 15) is 9.59 Å². The van der Waals surface area contributed by atoms with Crippen LogP contribution in [0.2, 0.25) is 10.0 Å². The summed E-state index contributed by atoms with van der Waals surface area (Å²) >= 11 is 12.6. The third kappa shape index (κ3) is 4.22. The molecule has 1 unspecified atom stereocenters. The number of anilines is 1. The number of amides is 2. The fourth-order valence-electron chi connectivity index (χ4n) is 3.10. The van der Waals surface area contributed by atoms with Gasteiger partial charge in [-0.3, -0.25) is 9.59 Å². The molecule has 2 amide bonds. The van der Waals surface area contributed by atoms with E-state index in [-0.39, 0.29) is 11.8 Å². The quantitative estimate of drug-likeness (QED) is 0.663. The molecular formula is C18H24Cl2N2O2. The predicted molar refractivity (Wildman–Crippen MR) is 98.7 cm³/mol. The summed E-state index contributed by atoms with van der Waals surface area (Å²) in [5.74, 6) is -0.430. The summed E-state index contributed by atoms with van der Waals surface area (Å²) in [7, 11) is 0. The average Bonchev–Trinajstić information content (AvgIpc) is 2.80. The molecule has 1 N–H and O–H groups in total. The number of carbonyl (C=O) groups is 2. The first-order valence-electron chi connectivity index (χ1n) is 8.53. The van der Waals surface area contributed by atoms with Crippen molar-refractivity contribution in [3.8, 4) is 0 Å². The van der Waals surface area contributed by atoms with Crippen LogP contribution in [0.25, 0.3) is 0 Å². The van der Waals surface area contributed by atoms with Crippen LogP contribution in [0.1, 0.15) is 64.0 Å². The maximum absolute atomic E-state index is 12.8. The molecule has 0 aromatic heterocycles. The van der Waals surface area contributed by atoms with Gasteiger partial charge in [0.15, 0.2) is 0 Å². The van der Waals surface area contributed by atoms with Crippen LogP contribution in [0.4, 0.5) is 5.69 Å². The number of benzene rings is 1. The van der Waals surface area contributed by atoms with Gasteiger partial charge in [0.05, 0.1) is 10.7 Å². The van der Waals surface area contributed by atoms with Crippen molar-refractivity contribution in [3.63, 3.8) is 0 Å². The second-order valence-corrected chi connectivity index (χ2v) is 7.00. The monoisotopic (exact) mass is 370 g/mol. The van der Waals surface area contributed by atoms with E-state index in [1.807, 2.05) is 0 Å². The van der Waals surface area contributed by atoms with Crippen molar-refractivity contribution in [1.82, 2.24) is 5.32 Å². The van der Waals surface area contributed by atoms with Crippen molar-refractivity contribution in [1.29, 1.82) is 0 Å². The minimum absolute atomic E-state index is 0.163. The first-order valence-corrected chi connectivity index (χ1v) is 9.29. The van der Waals surface area contributed by atoms with Gasteiger partial charge in [0.1, 0.15) is 6.04 Å². The number of fused-ring (bicyclic) bond motifs is 1. The van der Waals surface area contributed by atoms with Crippen LogP contribution in [0.3, 0.4) is 0 Å². The van der Waals surface area contributed by atoms with E-state index in [2.05, 4.69) is 12.2 Å². The van der Waals surface area contributed by atoms with Crippen LogP contribution in [-0.4, -0.2) is 18.4 Å². The van der Waals surface area contributed by atoms with Crippen molar-refractivity contribution < 1.29 is 9.59 Å². The zero-order valence-electron chi connectivity index (χ0n) is 14.2. The van der Waals surface area contributed by atoms with Gasteiger partial charge in [-0.2, -0.15) is 0 Å². The second kappa shape index (κ2) is 8.72. The molecule has 2 rings (SSSR count). The highest BCUT2D eigenvalue weighted by Gasteiger charge is 2.40. The van der Waals surface area contributed by atoms with E-state index in [0.717, 1.165) is 12.8 Å². The van der Waals surface area contributed by atoms with E-state index in [4.69, 9.17) is 23.2 Å². The highest BCUT2D eigenvalue weighted by atomic mass is 35.5. The fraction of sp³-hybridized carbons (Fsp3) is 0.556. The molecule has 0 fully saturated rings. The molecule has 1 aromatic carbocycles. The number of halogens is 2.